The van der Waals surface area contributed by atoms with E-state index in [1.165, 1.54) is 13.1 Å². The van der Waals surface area contributed by atoms with Crippen LogP contribution in [0.4, 0.5) is 0 Å². The van der Waals surface area contributed by atoms with Crippen LogP contribution in [-0.4, -0.2) is 21.5 Å². The van der Waals surface area contributed by atoms with Gasteiger partial charge in [0.2, 0.25) is 0 Å². The van der Waals surface area contributed by atoms with Crippen molar-refractivity contribution >= 4 is 11.8 Å². The maximum absolute atomic E-state index is 12.3. The highest BCUT2D eigenvalue weighted by atomic mass is 16.5. The van der Waals surface area contributed by atoms with Gasteiger partial charge < -0.3 is 4.74 Å². The Morgan fingerprint density at radius 2 is 2.09 bits per heavy atom. The van der Waals surface area contributed by atoms with E-state index in [2.05, 4.69) is 5.10 Å². The van der Waals surface area contributed by atoms with Gasteiger partial charge in [-0.25, -0.2) is 9.48 Å². The van der Waals surface area contributed by atoms with Gasteiger partial charge in [-0.2, -0.15) is 5.10 Å². The zero-order valence-electron chi connectivity index (χ0n) is 13.1. The molecule has 0 spiro atoms. The van der Waals surface area contributed by atoms with Gasteiger partial charge in [-0.3, -0.25) is 9.59 Å². The van der Waals surface area contributed by atoms with Crippen molar-refractivity contribution in [2.45, 2.75) is 46.0 Å². The third-order valence-electron chi connectivity index (χ3n) is 3.70. The molecule has 6 nitrogen and oxygen atoms in total. The monoisotopic (exact) mass is 304 g/mol. The highest BCUT2D eigenvalue weighted by Gasteiger charge is 2.21. The molecule has 2 rings (SSSR count). The lowest BCUT2D eigenvalue weighted by atomic mass is 10.0. The first-order valence-corrected chi connectivity index (χ1v) is 7.46. The number of aryl methyl sites for hydroxylation is 1. The Hall–Kier alpha value is -2.24. The van der Waals surface area contributed by atoms with E-state index < -0.39 is 5.97 Å². The summed E-state index contributed by atoms with van der Waals surface area (Å²) in [6.07, 6.45) is 4.48. The second-order valence-electron chi connectivity index (χ2n) is 5.45. The first kappa shape index (κ1) is 16.1. The molecule has 0 N–H and O–H groups in total. The molecule has 1 aliphatic carbocycles. The summed E-state index contributed by atoms with van der Waals surface area (Å²) in [5, 5.41) is 4.02. The van der Waals surface area contributed by atoms with Gasteiger partial charge in [0.1, 0.15) is 5.76 Å². The van der Waals surface area contributed by atoms with Crippen molar-refractivity contribution in [3.63, 3.8) is 0 Å². The summed E-state index contributed by atoms with van der Waals surface area (Å²) >= 11 is 0. The number of nitrogens with zero attached hydrogens (tertiary/aromatic N) is 2. The lowest BCUT2D eigenvalue weighted by Crippen LogP contribution is -2.28. The maximum Gasteiger partial charge on any atom is 0.364 e. The molecule has 0 saturated heterocycles. The van der Waals surface area contributed by atoms with Crippen LogP contribution in [0.2, 0.25) is 0 Å². The molecule has 0 atom stereocenters. The Bertz CT molecular complexity index is 701. The number of carbonyl (C=O) groups is 2. The Labute approximate surface area is 128 Å². The van der Waals surface area contributed by atoms with Gasteiger partial charge in [0.05, 0.1) is 0 Å². The number of allylic oxidation sites excluding steroid dienone is 2. The summed E-state index contributed by atoms with van der Waals surface area (Å²) in [6, 6.07) is 0. The zero-order chi connectivity index (χ0) is 16.3. The standard InChI is InChI=1S/C16H20N2O4/c1-4-6-13-10(2)14(17-18(3)15(13)20)16(21)22-12-8-5-7-11(19)9-12/h9H,4-8H2,1-3H3. The van der Waals surface area contributed by atoms with Crippen molar-refractivity contribution in [2.75, 3.05) is 0 Å². The van der Waals surface area contributed by atoms with Gasteiger partial charge in [-0.15, -0.1) is 0 Å². The summed E-state index contributed by atoms with van der Waals surface area (Å²) in [5.41, 5.74) is 1.07. The molecule has 0 saturated carbocycles. The fourth-order valence-corrected chi connectivity index (χ4v) is 2.52. The lowest BCUT2D eigenvalue weighted by molar-refractivity contribution is -0.115. The number of ether oxygens (including phenoxy) is 1. The molecular weight excluding hydrogens is 284 g/mol. The maximum atomic E-state index is 12.3. The highest BCUT2D eigenvalue weighted by molar-refractivity contribution is 5.93. The van der Waals surface area contributed by atoms with E-state index in [-0.39, 0.29) is 17.0 Å². The van der Waals surface area contributed by atoms with Crippen LogP contribution in [0.25, 0.3) is 0 Å². The van der Waals surface area contributed by atoms with E-state index in [4.69, 9.17) is 4.74 Å². The quantitative estimate of drug-likeness (QED) is 0.793. The van der Waals surface area contributed by atoms with E-state index in [0.717, 1.165) is 11.1 Å². The molecule has 0 unspecified atom stereocenters. The molecule has 22 heavy (non-hydrogen) atoms. The zero-order valence-corrected chi connectivity index (χ0v) is 13.1. The van der Waals surface area contributed by atoms with Crippen molar-refractivity contribution in [3.8, 4) is 0 Å². The van der Waals surface area contributed by atoms with Crippen molar-refractivity contribution in [1.82, 2.24) is 9.78 Å². The molecule has 0 bridgehead atoms. The Morgan fingerprint density at radius 1 is 1.36 bits per heavy atom. The van der Waals surface area contributed by atoms with Crippen LogP contribution >= 0.6 is 0 Å². The fourth-order valence-electron chi connectivity index (χ4n) is 2.52. The fraction of sp³-hybridized carbons (Fsp3) is 0.500. The predicted octanol–water partition coefficient (Wildman–Crippen LogP) is 1.83. The van der Waals surface area contributed by atoms with Gasteiger partial charge in [-0.1, -0.05) is 13.3 Å². The SMILES string of the molecule is CCCc1c(C)c(C(=O)OC2=CC(=O)CCC2)nn(C)c1=O. The van der Waals surface area contributed by atoms with E-state index in [1.807, 2.05) is 6.92 Å². The summed E-state index contributed by atoms with van der Waals surface area (Å²) < 4.78 is 6.44. The Balaban J connectivity index is 2.34. The summed E-state index contributed by atoms with van der Waals surface area (Å²) in [4.78, 5) is 35.8. The van der Waals surface area contributed by atoms with Gasteiger partial charge in [0, 0.05) is 31.5 Å². The normalized spacial score (nSPS) is 14.7. The van der Waals surface area contributed by atoms with Crippen LogP contribution in [-0.2, 0) is 23.0 Å². The number of esters is 1. The molecular formula is C16H20N2O4. The minimum atomic E-state index is -0.619. The second kappa shape index (κ2) is 6.68. The minimum absolute atomic E-state index is 0.0362. The third-order valence-corrected chi connectivity index (χ3v) is 3.70. The summed E-state index contributed by atoms with van der Waals surface area (Å²) in [7, 11) is 1.51. The predicted molar refractivity (Wildman–Crippen MR) is 80.6 cm³/mol. The number of ketones is 1. The second-order valence-corrected chi connectivity index (χ2v) is 5.45. The first-order chi connectivity index (χ1) is 10.4. The van der Waals surface area contributed by atoms with Crippen LogP contribution in [0.3, 0.4) is 0 Å². The van der Waals surface area contributed by atoms with Crippen molar-refractivity contribution < 1.29 is 14.3 Å². The van der Waals surface area contributed by atoms with Gasteiger partial charge in [-0.05, 0) is 25.3 Å². The summed E-state index contributed by atoms with van der Waals surface area (Å²) in [6.45, 7) is 3.67. The molecule has 6 heteroatoms. The largest absolute Gasteiger partial charge is 0.426 e. The summed E-state index contributed by atoms with van der Waals surface area (Å²) in [5.74, 6) is -0.286. The molecule has 0 amide bonds. The molecule has 1 aromatic rings. The van der Waals surface area contributed by atoms with E-state index in [0.29, 0.717) is 42.6 Å². The van der Waals surface area contributed by atoms with Crippen molar-refractivity contribution in [1.29, 1.82) is 0 Å². The van der Waals surface area contributed by atoms with Crippen LogP contribution in [0, 0.1) is 6.92 Å². The third kappa shape index (κ3) is 3.32. The number of hydrogen-bond donors (Lipinski definition) is 0. The van der Waals surface area contributed by atoms with Gasteiger partial charge in [0.25, 0.3) is 5.56 Å². The number of aromatic nitrogens is 2. The Morgan fingerprint density at radius 3 is 2.73 bits per heavy atom. The number of hydrogen-bond acceptors (Lipinski definition) is 5. The minimum Gasteiger partial charge on any atom is -0.426 e. The van der Waals surface area contributed by atoms with Crippen molar-refractivity contribution in [2.24, 2.45) is 7.05 Å². The van der Waals surface area contributed by atoms with Gasteiger partial charge >= 0.3 is 5.97 Å². The number of carbonyl (C=O) groups excluding carboxylic acids is 2. The molecule has 0 aliphatic heterocycles. The Kier molecular flexibility index (Phi) is 4.90. The molecule has 1 aliphatic rings. The lowest BCUT2D eigenvalue weighted by Gasteiger charge is -2.14. The average molecular weight is 304 g/mol. The first-order valence-electron chi connectivity index (χ1n) is 7.46. The van der Waals surface area contributed by atoms with Crippen LogP contribution in [0.1, 0.15) is 54.2 Å². The molecule has 0 radical (unpaired) electrons. The molecule has 1 heterocycles. The van der Waals surface area contributed by atoms with E-state index >= 15 is 0 Å². The smallest absolute Gasteiger partial charge is 0.364 e. The van der Waals surface area contributed by atoms with E-state index in [1.54, 1.807) is 6.92 Å². The molecule has 1 aromatic heterocycles. The highest BCUT2D eigenvalue weighted by Crippen LogP contribution is 2.19. The average Bonchev–Trinajstić information content (AvgIpc) is 2.47. The van der Waals surface area contributed by atoms with Crippen LogP contribution in [0.15, 0.2) is 16.6 Å². The van der Waals surface area contributed by atoms with Crippen LogP contribution in [0.5, 0.6) is 0 Å². The number of rotatable bonds is 4. The van der Waals surface area contributed by atoms with Crippen LogP contribution < -0.4 is 5.56 Å². The van der Waals surface area contributed by atoms with Gasteiger partial charge in [0.15, 0.2) is 11.5 Å². The van der Waals surface area contributed by atoms with E-state index in [9.17, 15) is 14.4 Å². The molecule has 0 aromatic carbocycles. The van der Waals surface area contributed by atoms with Crippen molar-refractivity contribution in [3.05, 3.63) is 39.0 Å². The molecule has 0 fully saturated rings. The topological polar surface area (TPSA) is 78.3 Å². The molecule has 118 valence electrons.